The average molecular weight is 580 g/mol. The van der Waals surface area contributed by atoms with Crippen molar-refractivity contribution < 1.29 is 22.3 Å². The summed E-state index contributed by atoms with van der Waals surface area (Å²) < 4.78 is 49.2. The van der Waals surface area contributed by atoms with Gasteiger partial charge in [-0.2, -0.15) is 0 Å². The van der Waals surface area contributed by atoms with Crippen LogP contribution < -0.4 is 14.8 Å². The van der Waals surface area contributed by atoms with Gasteiger partial charge in [-0.1, -0.05) is 58.2 Å². The Labute approximate surface area is 242 Å². The van der Waals surface area contributed by atoms with Gasteiger partial charge in [-0.15, -0.1) is 0 Å². The van der Waals surface area contributed by atoms with Crippen LogP contribution in [-0.2, 0) is 28.5 Å². The Morgan fingerprint density at radius 3 is 2.34 bits per heavy atom. The van der Waals surface area contributed by atoms with Crippen LogP contribution in [0.1, 0.15) is 69.6 Å². The van der Waals surface area contributed by atoms with Crippen molar-refractivity contribution in [1.29, 1.82) is 0 Å². The van der Waals surface area contributed by atoms with E-state index in [1.165, 1.54) is 43.0 Å². The lowest BCUT2D eigenvalue weighted by Crippen LogP contribution is -2.30. The van der Waals surface area contributed by atoms with Crippen LogP contribution in [0.15, 0.2) is 65.6 Å². The number of urea groups is 1. The Bertz CT molecular complexity index is 1510. The summed E-state index contributed by atoms with van der Waals surface area (Å²) in [4.78, 5) is 14.6. The summed E-state index contributed by atoms with van der Waals surface area (Å²) >= 11 is 0. The number of carbonyl (C=O) groups excluding carboxylic acids is 1. The van der Waals surface area contributed by atoms with Gasteiger partial charge < -0.3 is 15.0 Å². The zero-order chi connectivity index (χ0) is 29.2. The quantitative estimate of drug-likeness (QED) is 0.305. The highest BCUT2D eigenvalue weighted by atomic mass is 32.2. The van der Waals surface area contributed by atoms with Gasteiger partial charge in [-0.05, 0) is 77.3 Å². The van der Waals surface area contributed by atoms with Crippen molar-refractivity contribution in [3.63, 3.8) is 0 Å². The molecule has 7 nitrogen and oxygen atoms in total. The maximum atomic E-state index is 14.8. The number of anilines is 2. The van der Waals surface area contributed by atoms with E-state index in [1.807, 2.05) is 24.3 Å². The second-order valence-electron chi connectivity index (χ2n) is 12.1. The third kappa shape index (κ3) is 7.01. The van der Waals surface area contributed by atoms with E-state index in [4.69, 9.17) is 4.74 Å². The molecule has 1 aliphatic heterocycles. The topological polar surface area (TPSA) is 87.7 Å². The maximum absolute atomic E-state index is 14.8. The molecular weight excluding hydrogens is 541 g/mol. The normalized spacial score (nSPS) is 15.9. The summed E-state index contributed by atoms with van der Waals surface area (Å²) in [6.07, 6.45) is 5.89. The molecule has 9 heteroatoms. The summed E-state index contributed by atoms with van der Waals surface area (Å²) in [5.74, 6) is 0.165. The van der Waals surface area contributed by atoms with Crippen molar-refractivity contribution in [2.45, 2.75) is 76.3 Å². The fourth-order valence-corrected chi connectivity index (χ4v) is 6.50. The molecule has 0 spiro atoms. The lowest BCUT2D eigenvalue weighted by atomic mass is 9.87. The Morgan fingerprint density at radius 1 is 0.951 bits per heavy atom. The zero-order valence-electron chi connectivity index (χ0n) is 23.9. The van der Waals surface area contributed by atoms with Crippen molar-refractivity contribution >= 4 is 27.4 Å². The minimum Gasteiger partial charge on any atom is -0.493 e. The molecule has 1 saturated carbocycles. The molecular formula is C32H38FN3O4S. The summed E-state index contributed by atoms with van der Waals surface area (Å²) in [6.45, 7) is 7.57. The van der Waals surface area contributed by atoms with Crippen molar-refractivity contribution in [2.24, 2.45) is 5.92 Å². The highest BCUT2D eigenvalue weighted by Gasteiger charge is 2.26. The van der Waals surface area contributed by atoms with Crippen LogP contribution >= 0.6 is 0 Å². The Hall–Kier alpha value is -3.59. The Balaban J connectivity index is 1.20. The predicted molar refractivity (Wildman–Crippen MR) is 159 cm³/mol. The summed E-state index contributed by atoms with van der Waals surface area (Å²) in [5.41, 5.74) is 3.34. The van der Waals surface area contributed by atoms with E-state index in [1.54, 1.807) is 23.1 Å². The molecule has 1 heterocycles. The largest absolute Gasteiger partial charge is 0.493 e. The zero-order valence-corrected chi connectivity index (χ0v) is 24.7. The third-order valence-corrected chi connectivity index (χ3v) is 9.26. The number of nitrogens with zero attached hydrogens (tertiary/aromatic N) is 1. The highest BCUT2D eigenvalue weighted by molar-refractivity contribution is 7.92. The third-order valence-electron chi connectivity index (χ3n) is 7.90. The monoisotopic (exact) mass is 579 g/mol. The van der Waals surface area contributed by atoms with Crippen LogP contribution in [0.4, 0.5) is 20.6 Å². The van der Waals surface area contributed by atoms with Crippen molar-refractivity contribution in [1.82, 2.24) is 4.90 Å². The molecule has 0 saturated heterocycles. The smallest absolute Gasteiger partial charge is 0.322 e. The van der Waals surface area contributed by atoms with Crippen LogP contribution in [0, 0.1) is 11.7 Å². The van der Waals surface area contributed by atoms with Crippen LogP contribution in [0.3, 0.4) is 0 Å². The van der Waals surface area contributed by atoms with Crippen molar-refractivity contribution in [3.05, 3.63) is 83.2 Å². The summed E-state index contributed by atoms with van der Waals surface area (Å²) in [7, 11) is -4.05. The highest BCUT2D eigenvalue weighted by Crippen LogP contribution is 2.30. The van der Waals surface area contributed by atoms with Crippen LogP contribution in [0.25, 0.3) is 0 Å². The van der Waals surface area contributed by atoms with Gasteiger partial charge in [0.25, 0.3) is 10.0 Å². The summed E-state index contributed by atoms with van der Waals surface area (Å²) in [5, 5.41) is 2.92. The van der Waals surface area contributed by atoms with Gasteiger partial charge in [0.05, 0.1) is 17.2 Å². The lowest BCUT2D eigenvalue weighted by molar-refractivity contribution is 0.208. The molecule has 41 heavy (non-hydrogen) atoms. The van der Waals surface area contributed by atoms with E-state index < -0.39 is 15.8 Å². The lowest BCUT2D eigenvalue weighted by Gasteiger charge is -2.21. The van der Waals surface area contributed by atoms with E-state index in [0.29, 0.717) is 30.5 Å². The first-order valence-electron chi connectivity index (χ1n) is 14.2. The SMILES string of the molecule is CC(C)(C)c1ccc(NC(=O)N2Cc3ccc(S(=O)(=O)Nc4ccc(OCC5CCCCC5)cc4F)cc3C2)cc1. The van der Waals surface area contributed by atoms with Crippen molar-refractivity contribution in [3.8, 4) is 5.75 Å². The number of halogens is 1. The standard InChI is InChI=1S/C32H38FN3O4S/c1-32(2,3)25-10-12-26(13-11-25)34-31(37)36-19-23-9-15-28(17-24(23)20-36)41(38,39)35-30-16-14-27(18-29(30)33)40-21-22-7-5-4-6-8-22/h9-18,22,35H,4-8,19-21H2,1-3H3,(H,34,37). The minimum absolute atomic E-state index is 0.00769. The van der Waals surface area contributed by atoms with Gasteiger partial charge in [-0.25, -0.2) is 17.6 Å². The number of benzene rings is 3. The molecule has 2 N–H and O–H groups in total. The average Bonchev–Trinajstić information content (AvgIpc) is 3.38. The first-order chi connectivity index (χ1) is 19.5. The van der Waals surface area contributed by atoms with E-state index >= 15 is 0 Å². The molecule has 3 aromatic rings. The molecule has 2 aliphatic rings. The number of carbonyl (C=O) groups is 1. The summed E-state index contributed by atoms with van der Waals surface area (Å²) in [6, 6.07) is 16.4. The Kier molecular flexibility index (Phi) is 8.27. The first kappa shape index (κ1) is 28.9. The van der Waals surface area contributed by atoms with Crippen LogP contribution in [-0.4, -0.2) is 26.0 Å². The molecule has 5 rings (SSSR count). The number of ether oxygens (including phenoxy) is 1. The van der Waals surface area contributed by atoms with E-state index in [-0.39, 0.29) is 28.6 Å². The van der Waals surface area contributed by atoms with Gasteiger partial charge >= 0.3 is 6.03 Å². The number of hydrogen-bond acceptors (Lipinski definition) is 4. The maximum Gasteiger partial charge on any atom is 0.322 e. The number of hydrogen-bond donors (Lipinski definition) is 2. The van der Waals surface area contributed by atoms with Gasteiger partial charge in [0.2, 0.25) is 0 Å². The molecule has 218 valence electrons. The molecule has 0 aromatic heterocycles. The fraction of sp³-hybridized carbons (Fsp3) is 0.406. The van der Waals surface area contributed by atoms with E-state index in [9.17, 15) is 17.6 Å². The fourth-order valence-electron chi connectivity index (χ4n) is 5.38. The predicted octanol–water partition coefficient (Wildman–Crippen LogP) is 7.43. The molecule has 3 aromatic carbocycles. The van der Waals surface area contributed by atoms with Gasteiger partial charge in [0, 0.05) is 24.8 Å². The number of amides is 2. The number of fused-ring (bicyclic) bond motifs is 1. The van der Waals surface area contributed by atoms with Gasteiger partial charge in [0.15, 0.2) is 5.82 Å². The second-order valence-corrected chi connectivity index (χ2v) is 13.8. The molecule has 2 amide bonds. The number of rotatable bonds is 7. The molecule has 0 bridgehead atoms. The van der Waals surface area contributed by atoms with Crippen LogP contribution in [0.5, 0.6) is 5.75 Å². The second kappa shape index (κ2) is 11.7. The molecule has 1 fully saturated rings. The molecule has 0 unspecified atom stereocenters. The number of sulfonamides is 1. The van der Waals surface area contributed by atoms with Crippen molar-refractivity contribution in [2.75, 3.05) is 16.6 Å². The van der Waals surface area contributed by atoms with Gasteiger partial charge in [-0.3, -0.25) is 4.72 Å². The first-order valence-corrected chi connectivity index (χ1v) is 15.7. The van der Waals surface area contributed by atoms with E-state index in [0.717, 1.165) is 24.0 Å². The van der Waals surface area contributed by atoms with Gasteiger partial charge in [0.1, 0.15) is 5.75 Å². The Morgan fingerprint density at radius 2 is 1.66 bits per heavy atom. The minimum atomic E-state index is -4.05. The molecule has 1 aliphatic carbocycles. The molecule has 0 atom stereocenters. The molecule has 0 radical (unpaired) electrons. The number of nitrogens with one attached hydrogen (secondary N) is 2. The van der Waals surface area contributed by atoms with E-state index in [2.05, 4.69) is 30.8 Å². The van der Waals surface area contributed by atoms with Crippen LogP contribution in [0.2, 0.25) is 0 Å².